The van der Waals surface area contributed by atoms with Gasteiger partial charge in [0.15, 0.2) is 17.5 Å². The molecule has 0 radical (unpaired) electrons. The van der Waals surface area contributed by atoms with E-state index in [1.165, 1.54) is 0 Å². The van der Waals surface area contributed by atoms with E-state index in [1.807, 2.05) is 56.4 Å². The molecule has 1 atom stereocenters. The number of ether oxygens (including phenoxy) is 2. The summed E-state index contributed by atoms with van der Waals surface area (Å²) in [6, 6.07) is 17.8. The molecule has 2 N–H and O–H groups in total. The van der Waals surface area contributed by atoms with E-state index in [0.717, 1.165) is 40.5 Å². The number of nitrogens with one attached hydrogen (secondary N) is 2. The fourth-order valence-electron chi connectivity index (χ4n) is 3.02. The van der Waals surface area contributed by atoms with Crippen molar-refractivity contribution in [1.29, 1.82) is 0 Å². The molecule has 0 aliphatic carbocycles. The van der Waals surface area contributed by atoms with E-state index in [0.29, 0.717) is 13.1 Å². The molecule has 6 nitrogen and oxygen atoms in total. The number of fused-ring (bicyclic) bond motifs is 1. The van der Waals surface area contributed by atoms with Gasteiger partial charge in [-0.25, -0.2) is 4.99 Å². The molecule has 29 heavy (non-hydrogen) atoms. The highest BCUT2D eigenvalue weighted by Gasteiger charge is 2.09. The fourth-order valence-corrected chi connectivity index (χ4v) is 3.02. The van der Waals surface area contributed by atoms with Crippen LogP contribution in [0.4, 0.5) is 0 Å². The van der Waals surface area contributed by atoms with Crippen molar-refractivity contribution in [1.82, 2.24) is 15.6 Å². The minimum absolute atomic E-state index is 0.0608. The van der Waals surface area contributed by atoms with Crippen molar-refractivity contribution in [2.75, 3.05) is 20.2 Å². The molecule has 0 aliphatic heterocycles. The van der Waals surface area contributed by atoms with Gasteiger partial charge < -0.3 is 20.1 Å². The van der Waals surface area contributed by atoms with Crippen molar-refractivity contribution in [3.63, 3.8) is 0 Å². The second-order valence-electron chi connectivity index (χ2n) is 6.65. The minimum Gasteiger partial charge on any atom is -0.493 e. The number of aliphatic imine (C=N–C) groups is 1. The number of guanidine groups is 1. The van der Waals surface area contributed by atoms with Crippen LogP contribution in [0.5, 0.6) is 11.5 Å². The number of pyridine rings is 1. The summed E-state index contributed by atoms with van der Waals surface area (Å²) in [5.41, 5.74) is 2.08. The van der Waals surface area contributed by atoms with Crippen molar-refractivity contribution in [2.45, 2.75) is 26.5 Å². The van der Waals surface area contributed by atoms with Crippen molar-refractivity contribution in [3.05, 3.63) is 66.4 Å². The summed E-state index contributed by atoms with van der Waals surface area (Å²) in [5.74, 6) is 2.20. The van der Waals surface area contributed by atoms with E-state index >= 15 is 0 Å². The average Bonchev–Trinajstić information content (AvgIpc) is 2.76. The molecule has 152 valence electrons. The summed E-state index contributed by atoms with van der Waals surface area (Å²) < 4.78 is 11.4. The van der Waals surface area contributed by atoms with Gasteiger partial charge in [-0.1, -0.05) is 36.4 Å². The van der Waals surface area contributed by atoms with Crippen LogP contribution in [-0.4, -0.2) is 37.2 Å². The molecule has 0 saturated heterocycles. The van der Waals surface area contributed by atoms with E-state index in [-0.39, 0.29) is 6.10 Å². The summed E-state index contributed by atoms with van der Waals surface area (Å²) in [7, 11) is 1.64. The molecule has 1 heterocycles. The van der Waals surface area contributed by atoms with Gasteiger partial charge in [0.05, 0.1) is 25.7 Å². The number of benzene rings is 2. The third kappa shape index (κ3) is 5.60. The third-order valence-corrected chi connectivity index (χ3v) is 4.42. The number of aromatic nitrogens is 1. The van der Waals surface area contributed by atoms with E-state index in [1.54, 1.807) is 7.11 Å². The van der Waals surface area contributed by atoms with Crippen LogP contribution in [0.3, 0.4) is 0 Å². The summed E-state index contributed by atoms with van der Waals surface area (Å²) in [6.07, 6.45) is 1.75. The standard InChI is InChI=1S/C23H28N4O2/c1-4-24-23(26-15-17(2)29-21-13-6-5-12-20(21)28-3)27-16-19-10-7-9-18-11-8-14-25-22(18)19/h5-14,17H,4,15-16H2,1-3H3,(H2,24,26,27). The Labute approximate surface area is 172 Å². The molecule has 6 heteroatoms. The van der Waals surface area contributed by atoms with Gasteiger partial charge >= 0.3 is 0 Å². The number of hydrogen-bond acceptors (Lipinski definition) is 4. The topological polar surface area (TPSA) is 67.8 Å². The Morgan fingerprint density at radius 1 is 1.03 bits per heavy atom. The van der Waals surface area contributed by atoms with Crippen LogP contribution in [0.2, 0.25) is 0 Å². The molecule has 3 rings (SSSR count). The smallest absolute Gasteiger partial charge is 0.191 e. The lowest BCUT2D eigenvalue weighted by Crippen LogP contribution is -2.41. The number of para-hydroxylation sites is 3. The van der Waals surface area contributed by atoms with Crippen molar-refractivity contribution >= 4 is 16.9 Å². The predicted octanol–water partition coefficient (Wildman–Crippen LogP) is 3.77. The molecule has 2 aromatic carbocycles. The summed E-state index contributed by atoms with van der Waals surface area (Å²) in [4.78, 5) is 9.22. The van der Waals surface area contributed by atoms with E-state index in [4.69, 9.17) is 14.5 Å². The van der Waals surface area contributed by atoms with Gasteiger partial charge in [-0.15, -0.1) is 0 Å². The molecule has 0 bridgehead atoms. The highest BCUT2D eigenvalue weighted by atomic mass is 16.5. The van der Waals surface area contributed by atoms with Crippen molar-refractivity contribution in [3.8, 4) is 11.5 Å². The maximum atomic E-state index is 6.01. The van der Waals surface area contributed by atoms with Gasteiger partial charge in [0.2, 0.25) is 0 Å². The Kier molecular flexibility index (Phi) is 7.28. The number of rotatable bonds is 8. The zero-order valence-electron chi connectivity index (χ0n) is 17.2. The molecule has 0 spiro atoms. The highest BCUT2D eigenvalue weighted by molar-refractivity contribution is 5.83. The third-order valence-electron chi connectivity index (χ3n) is 4.42. The van der Waals surface area contributed by atoms with Crippen LogP contribution < -0.4 is 20.1 Å². The average molecular weight is 393 g/mol. The maximum absolute atomic E-state index is 6.01. The van der Waals surface area contributed by atoms with E-state index in [9.17, 15) is 0 Å². The molecule has 0 amide bonds. The Morgan fingerprint density at radius 3 is 2.62 bits per heavy atom. The van der Waals surface area contributed by atoms with Crippen LogP contribution >= 0.6 is 0 Å². The lowest BCUT2D eigenvalue weighted by Gasteiger charge is -2.19. The first-order valence-electron chi connectivity index (χ1n) is 9.85. The molecule has 0 aliphatic rings. The monoisotopic (exact) mass is 392 g/mol. The minimum atomic E-state index is -0.0608. The van der Waals surface area contributed by atoms with Gasteiger partial charge in [-0.2, -0.15) is 0 Å². The molecule has 3 aromatic rings. The Bertz CT molecular complexity index is 953. The van der Waals surface area contributed by atoms with E-state index < -0.39 is 0 Å². The lowest BCUT2D eigenvalue weighted by atomic mass is 10.1. The first kappa shape index (κ1) is 20.5. The SMILES string of the molecule is CCNC(=NCc1cccc2cccnc12)NCC(C)Oc1ccccc1OC. The van der Waals surface area contributed by atoms with Crippen molar-refractivity contribution < 1.29 is 9.47 Å². The van der Waals surface area contributed by atoms with Crippen LogP contribution in [-0.2, 0) is 6.54 Å². The molecule has 1 aromatic heterocycles. The van der Waals surface area contributed by atoms with Gasteiger partial charge in [-0.05, 0) is 37.6 Å². The molecular weight excluding hydrogens is 364 g/mol. The highest BCUT2D eigenvalue weighted by Crippen LogP contribution is 2.26. The second kappa shape index (κ2) is 10.3. The molecule has 0 saturated carbocycles. The molecular formula is C23H28N4O2. The lowest BCUT2D eigenvalue weighted by molar-refractivity contribution is 0.213. The van der Waals surface area contributed by atoms with Crippen LogP contribution in [0.25, 0.3) is 10.9 Å². The summed E-state index contributed by atoms with van der Waals surface area (Å²) in [6.45, 7) is 5.99. The number of methoxy groups -OCH3 is 1. The maximum Gasteiger partial charge on any atom is 0.191 e. The largest absolute Gasteiger partial charge is 0.493 e. The first-order valence-corrected chi connectivity index (χ1v) is 9.85. The predicted molar refractivity (Wildman–Crippen MR) is 118 cm³/mol. The Balaban J connectivity index is 1.63. The van der Waals surface area contributed by atoms with Gasteiger partial charge in [-0.3, -0.25) is 4.98 Å². The van der Waals surface area contributed by atoms with Gasteiger partial charge in [0.1, 0.15) is 6.10 Å². The van der Waals surface area contributed by atoms with Crippen molar-refractivity contribution in [2.24, 2.45) is 4.99 Å². The summed E-state index contributed by atoms with van der Waals surface area (Å²) >= 11 is 0. The van der Waals surface area contributed by atoms with Crippen LogP contribution in [0.1, 0.15) is 19.4 Å². The Morgan fingerprint density at radius 2 is 1.83 bits per heavy atom. The number of hydrogen-bond donors (Lipinski definition) is 2. The fraction of sp³-hybridized carbons (Fsp3) is 0.304. The Hall–Kier alpha value is -3.28. The van der Waals surface area contributed by atoms with E-state index in [2.05, 4.69) is 33.8 Å². The quantitative estimate of drug-likeness (QED) is 0.451. The molecule has 0 fully saturated rings. The van der Waals surface area contributed by atoms with Crippen LogP contribution in [0.15, 0.2) is 65.8 Å². The molecule has 1 unspecified atom stereocenters. The first-order chi connectivity index (χ1) is 14.2. The summed E-state index contributed by atoms with van der Waals surface area (Å²) in [5, 5.41) is 7.75. The normalized spacial score (nSPS) is 12.4. The second-order valence-corrected chi connectivity index (χ2v) is 6.65. The zero-order valence-corrected chi connectivity index (χ0v) is 17.2. The van der Waals surface area contributed by atoms with Gasteiger partial charge in [0.25, 0.3) is 0 Å². The van der Waals surface area contributed by atoms with Gasteiger partial charge in [0, 0.05) is 18.1 Å². The number of nitrogens with zero attached hydrogens (tertiary/aromatic N) is 2. The van der Waals surface area contributed by atoms with Crippen LogP contribution in [0, 0.1) is 0 Å². The zero-order chi connectivity index (χ0) is 20.5.